The van der Waals surface area contributed by atoms with Gasteiger partial charge in [0.05, 0.1) is 26.1 Å². The number of nitrogens with two attached hydrogens (primary N) is 1. The van der Waals surface area contributed by atoms with Gasteiger partial charge in [-0.1, -0.05) is 64.3 Å². The van der Waals surface area contributed by atoms with Crippen LogP contribution >= 0.6 is 0 Å². The number of carbonyl (C=O) groups is 1. The van der Waals surface area contributed by atoms with E-state index in [1.54, 1.807) is 6.20 Å². The molecular formula is C34H55N7O2. The SMILES string of the molecule is CCCCOC(=O)CCN(CCCC(N)(CCC)CCC)Cc1ccc(CN(Cc2ncc[nH]2)Cc2nccn2C)cc1. The number of nitrogens with one attached hydrogen (secondary N) is 1. The number of aromatic nitrogens is 4. The van der Waals surface area contributed by atoms with Gasteiger partial charge in [-0.25, -0.2) is 9.97 Å². The molecule has 0 amide bonds. The molecule has 0 bridgehead atoms. The lowest BCUT2D eigenvalue weighted by atomic mass is 9.85. The molecule has 0 aliphatic rings. The van der Waals surface area contributed by atoms with Crippen LogP contribution in [0.15, 0.2) is 49.1 Å². The second-order valence-corrected chi connectivity index (χ2v) is 12.0. The Hall–Kier alpha value is -3.01. The lowest BCUT2D eigenvalue weighted by Gasteiger charge is -2.30. The highest BCUT2D eigenvalue weighted by Crippen LogP contribution is 2.23. The molecule has 0 unspecified atom stereocenters. The van der Waals surface area contributed by atoms with Crippen molar-refractivity contribution in [3.8, 4) is 0 Å². The Morgan fingerprint density at radius 1 is 0.884 bits per heavy atom. The average molecular weight is 594 g/mol. The zero-order valence-electron chi connectivity index (χ0n) is 27.1. The molecule has 43 heavy (non-hydrogen) atoms. The van der Waals surface area contributed by atoms with Crippen LogP contribution in [0.25, 0.3) is 0 Å². The van der Waals surface area contributed by atoms with Crippen molar-refractivity contribution in [1.82, 2.24) is 29.3 Å². The van der Waals surface area contributed by atoms with E-state index in [9.17, 15) is 4.79 Å². The van der Waals surface area contributed by atoms with Crippen LogP contribution in [0.5, 0.6) is 0 Å². The maximum Gasteiger partial charge on any atom is 0.307 e. The molecule has 0 aliphatic heterocycles. The summed E-state index contributed by atoms with van der Waals surface area (Å²) in [5.74, 6) is 1.85. The van der Waals surface area contributed by atoms with Crippen LogP contribution < -0.4 is 5.73 Å². The number of carbonyl (C=O) groups excluding carboxylic acids is 1. The van der Waals surface area contributed by atoms with E-state index in [1.807, 2.05) is 25.6 Å². The van der Waals surface area contributed by atoms with Crippen LogP contribution in [0, 0.1) is 0 Å². The average Bonchev–Trinajstić information content (AvgIpc) is 3.64. The summed E-state index contributed by atoms with van der Waals surface area (Å²) in [6.45, 7) is 11.7. The molecule has 238 valence electrons. The number of benzene rings is 1. The minimum atomic E-state index is -0.108. The smallest absolute Gasteiger partial charge is 0.307 e. The number of hydrogen-bond acceptors (Lipinski definition) is 7. The van der Waals surface area contributed by atoms with Crippen molar-refractivity contribution >= 4 is 5.97 Å². The van der Waals surface area contributed by atoms with E-state index in [0.717, 1.165) is 89.2 Å². The molecule has 1 aromatic carbocycles. The zero-order valence-corrected chi connectivity index (χ0v) is 27.1. The van der Waals surface area contributed by atoms with E-state index in [4.69, 9.17) is 10.5 Å². The number of imidazole rings is 2. The largest absolute Gasteiger partial charge is 0.466 e. The minimum absolute atomic E-state index is 0.0909. The number of aryl methyl sites for hydroxylation is 1. The molecule has 0 fully saturated rings. The molecule has 3 aromatic rings. The van der Waals surface area contributed by atoms with E-state index in [-0.39, 0.29) is 11.5 Å². The molecule has 0 saturated carbocycles. The second kappa shape index (κ2) is 18.6. The van der Waals surface area contributed by atoms with Gasteiger partial charge in [0.15, 0.2) is 0 Å². The summed E-state index contributed by atoms with van der Waals surface area (Å²) in [7, 11) is 2.03. The van der Waals surface area contributed by atoms with Gasteiger partial charge < -0.3 is 20.0 Å². The Kier molecular flexibility index (Phi) is 14.9. The van der Waals surface area contributed by atoms with Gasteiger partial charge in [-0.05, 0) is 49.8 Å². The first-order valence-electron chi connectivity index (χ1n) is 16.3. The van der Waals surface area contributed by atoms with Gasteiger partial charge in [-0.3, -0.25) is 14.6 Å². The third-order valence-electron chi connectivity index (χ3n) is 8.09. The number of unbranched alkanes of at least 4 members (excludes halogenated alkanes) is 1. The molecule has 3 rings (SSSR count). The lowest BCUT2D eigenvalue weighted by molar-refractivity contribution is -0.144. The van der Waals surface area contributed by atoms with Gasteiger partial charge in [0.25, 0.3) is 0 Å². The van der Waals surface area contributed by atoms with Gasteiger partial charge >= 0.3 is 5.97 Å². The monoisotopic (exact) mass is 593 g/mol. The van der Waals surface area contributed by atoms with Gasteiger partial charge in [-0.2, -0.15) is 0 Å². The normalized spacial score (nSPS) is 12.0. The van der Waals surface area contributed by atoms with Crippen LogP contribution in [0.3, 0.4) is 0 Å². The Morgan fingerprint density at radius 3 is 2.16 bits per heavy atom. The maximum atomic E-state index is 12.4. The first-order valence-corrected chi connectivity index (χ1v) is 16.3. The lowest BCUT2D eigenvalue weighted by Crippen LogP contribution is -2.40. The summed E-state index contributed by atoms with van der Waals surface area (Å²) < 4.78 is 7.50. The van der Waals surface area contributed by atoms with E-state index in [1.165, 1.54) is 11.1 Å². The summed E-state index contributed by atoms with van der Waals surface area (Å²) in [6.07, 6.45) is 16.2. The summed E-state index contributed by atoms with van der Waals surface area (Å²) in [5.41, 5.74) is 9.18. The van der Waals surface area contributed by atoms with Gasteiger partial charge in [0, 0.05) is 57.0 Å². The molecular weight excluding hydrogens is 538 g/mol. The number of rotatable bonds is 22. The fourth-order valence-corrected chi connectivity index (χ4v) is 5.73. The predicted octanol–water partition coefficient (Wildman–Crippen LogP) is 5.96. The molecule has 2 aromatic heterocycles. The van der Waals surface area contributed by atoms with E-state index < -0.39 is 0 Å². The summed E-state index contributed by atoms with van der Waals surface area (Å²) in [6, 6.07) is 8.87. The fourth-order valence-electron chi connectivity index (χ4n) is 5.73. The topological polar surface area (TPSA) is 105 Å². The van der Waals surface area contributed by atoms with Crippen LogP contribution in [-0.2, 0) is 42.8 Å². The van der Waals surface area contributed by atoms with Crippen molar-refractivity contribution in [2.24, 2.45) is 12.8 Å². The van der Waals surface area contributed by atoms with E-state index >= 15 is 0 Å². The van der Waals surface area contributed by atoms with Crippen molar-refractivity contribution in [1.29, 1.82) is 0 Å². The summed E-state index contributed by atoms with van der Waals surface area (Å²) in [5, 5.41) is 0. The first-order chi connectivity index (χ1) is 20.8. The quantitative estimate of drug-likeness (QED) is 0.109. The molecule has 0 aliphatic carbocycles. The number of aromatic amines is 1. The first kappa shape index (κ1) is 34.5. The Bertz CT molecular complexity index is 1150. The van der Waals surface area contributed by atoms with Gasteiger partial charge in [0.2, 0.25) is 0 Å². The Labute approximate surface area is 259 Å². The summed E-state index contributed by atoms with van der Waals surface area (Å²) >= 11 is 0. The van der Waals surface area contributed by atoms with E-state index in [2.05, 4.69) is 74.4 Å². The standard InChI is InChI=1S/C34H55N7O2/c1-5-8-24-43-33(42)14-22-40(21-9-17-34(35,15-6-2)16-7-3)25-29-10-12-30(13-11-29)26-41(27-31-36-18-19-37-31)28-32-38-20-23-39(32)4/h10-13,18-20,23H,5-9,14-17,21-22,24-28,35H2,1-4H3,(H,36,37). The molecule has 9 heteroatoms. The van der Waals surface area contributed by atoms with Crippen molar-refractivity contribution in [3.63, 3.8) is 0 Å². The third kappa shape index (κ3) is 12.6. The highest BCUT2D eigenvalue weighted by Gasteiger charge is 2.23. The van der Waals surface area contributed by atoms with E-state index in [0.29, 0.717) is 26.1 Å². The summed E-state index contributed by atoms with van der Waals surface area (Å²) in [4.78, 5) is 29.3. The number of ether oxygens (including phenoxy) is 1. The third-order valence-corrected chi connectivity index (χ3v) is 8.09. The van der Waals surface area contributed by atoms with Gasteiger partial charge in [-0.15, -0.1) is 0 Å². The zero-order chi connectivity index (χ0) is 30.9. The van der Waals surface area contributed by atoms with Crippen LogP contribution in [0.2, 0.25) is 0 Å². The molecule has 0 radical (unpaired) electrons. The molecule has 3 N–H and O–H groups in total. The Balaban J connectivity index is 1.63. The van der Waals surface area contributed by atoms with Crippen LogP contribution in [0.4, 0.5) is 0 Å². The van der Waals surface area contributed by atoms with Crippen molar-refractivity contribution in [2.75, 3.05) is 19.7 Å². The van der Waals surface area contributed by atoms with Crippen LogP contribution in [-0.4, -0.2) is 60.5 Å². The van der Waals surface area contributed by atoms with Crippen molar-refractivity contribution in [3.05, 3.63) is 71.8 Å². The number of esters is 1. The minimum Gasteiger partial charge on any atom is -0.466 e. The highest BCUT2D eigenvalue weighted by molar-refractivity contribution is 5.69. The predicted molar refractivity (Wildman–Crippen MR) is 173 cm³/mol. The maximum absolute atomic E-state index is 12.4. The molecule has 2 heterocycles. The fraction of sp³-hybridized carbons (Fsp3) is 0.618. The van der Waals surface area contributed by atoms with Crippen molar-refractivity contribution < 1.29 is 9.53 Å². The molecule has 9 nitrogen and oxygen atoms in total. The van der Waals surface area contributed by atoms with Gasteiger partial charge in [0.1, 0.15) is 11.6 Å². The molecule has 0 saturated heterocycles. The number of H-pyrrole nitrogens is 1. The number of nitrogens with zero attached hydrogens (tertiary/aromatic N) is 5. The molecule has 0 spiro atoms. The molecule has 0 atom stereocenters. The Morgan fingerprint density at radius 2 is 1.58 bits per heavy atom. The second-order valence-electron chi connectivity index (χ2n) is 12.0. The van der Waals surface area contributed by atoms with Crippen LogP contribution in [0.1, 0.15) is 101 Å². The van der Waals surface area contributed by atoms with Crippen molar-refractivity contribution in [2.45, 2.75) is 110 Å². The number of hydrogen-bond donors (Lipinski definition) is 2. The highest BCUT2D eigenvalue weighted by atomic mass is 16.5.